The van der Waals surface area contributed by atoms with Gasteiger partial charge in [0.05, 0.1) is 15.4 Å². The molecule has 94 valence electrons. The van der Waals surface area contributed by atoms with Crippen molar-refractivity contribution in [2.75, 3.05) is 6.26 Å². The maximum atomic E-state index is 12.6. The molecule has 0 amide bonds. The molecule has 0 aliphatic heterocycles. The molecule has 0 saturated carbocycles. The average Bonchev–Trinajstić information content (AvgIpc) is 2.32. The van der Waals surface area contributed by atoms with Crippen LogP contribution in [-0.2, 0) is 9.73 Å². The van der Waals surface area contributed by atoms with Gasteiger partial charge in [-0.3, -0.25) is 0 Å². The highest BCUT2D eigenvalue weighted by Crippen LogP contribution is 2.22. The van der Waals surface area contributed by atoms with E-state index >= 15 is 0 Å². The molecular formula is C13H11BrINOS. The van der Waals surface area contributed by atoms with Crippen molar-refractivity contribution in [2.45, 2.75) is 4.90 Å². The Bertz CT molecular complexity index is 676. The van der Waals surface area contributed by atoms with Gasteiger partial charge in [-0.25, -0.2) is 4.21 Å². The van der Waals surface area contributed by atoms with Crippen molar-refractivity contribution in [1.29, 1.82) is 0 Å². The summed E-state index contributed by atoms with van der Waals surface area (Å²) in [6.07, 6.45) is 1.66. The highest BCUT2D eigenvalue weighted by Gasteiger charge is 2.06. The van der Waals surface area contributed by atoms with Crippen LogP contribution < -0.4 is 0 Å². The highest BCUT2D eigenvalue weighted by atomic mass is 127. The molecule has 5 heteroatoms. The standard InChI is InChI=1S/C13H11BrINOS/c1-18(17,13-4-2-3-10(14)9-13)16-12-7-5-11(15)6-8-12/h2-9H,1H3. The Balaban J connectivity index is 2.48. The molecule has 2 aromatic carbocycles. The molecule has 0 fully saturated rings. The van der Waals surface area contributed by atoms with E-state index in [1.807, 2.05) is 48.5 Å². The van der Waals surface area contributed by atoms with Crippen LogP contribution in [0.1, 0.15) is 0 Å². The molecule has 0 spiro atoms. The largest absolute Gasteiger partial charge is 0.245 e. The zero-order chi connectivity index (χ0) is 13.2. The highest BCUT2D eigenvalue weighted by molar-refractivity contribution is 14.1. The maximum absolute atomic E-state index is 12.6. The first-order valence-corrected chi connectivity index (χ1v) is 9.00. The van der Waals surface area contributed by atoms with E-state index in [4.69, 9.17) is 0 Å². The molecule has 0 heterocycles. The van der Waals surface area contributed by atoms with Crippen molar-refractivity contribution in [3.8, 4) is 0 Å². The predicted octanol–water partition coefficient (Wildman–Crippen LogP) is 4.84. The third kappa shape index (κ3) is 3.55. The van der Waals surface area contributed by atoms with Crippen LogP contribution >= 0.6 is 38.5 Å². The lowest BCUT2D eigenvalue weighted by molar-refractivity contribution is 0.681. The number of halogens is 2. The van der Waals surface area contributed by atoms with Crippen LogP contribution in [-0.4, -0.2) is 10.5 Å². The fraction of sp³-hybridized carbons (Fsp3) is 0.0769. The maximum Gasteiger partial charge on any atom is 0.0771 e. The smallest absolute Gasteiger partial charge is 0.0771 e. The first-order chi connectivity index (χ1) is 8.47. The molecule has 0 aliphatic rings. The second kappa shape index (κ2) is 5.71. The Hall–Kier alpha value is -0.400. The molecule has 1 unspecified atom stereocenters. The lowest BCUT2D eigenvalue weighted by Gasteiger charge is -2.05. The zero-order valence-electron chi connectivity index (χ0n) is 9.64. The van der Waals surface area contributed by atoms with Gasteiger partial charge in [0.15, 0.2) is 0 Å². The predicted molar refractivity (Wildman–Crippen MR) is 87.7 cm³/mol. The van der Waals surface area contributed by atoms with Gasteiger partial charge in [-0.05, 0) is 65.1 Å². The second-order valence-electron chi connectivity index (χ2n) is 3.83. The van der Waals surface area contributed by atoms with Gasteiger partial charge >= 0.3 is 0 Å². The Morgan fingerprint density at radius 1 is 1.17 bits per heavy atom. The monoisotopic (exact) mass is 435 g/mol. The van der Waals surface area contributed by atoms with Gasteiger partial charge in [-0.2, -0.15) is 4.36 Å². The lowest BCUT2D eigenvalue weighted by Crippen LogP contribution is -1.96. The minimum Gasteiger partial charge on any atom is -0.245 e. The number of benzene rings is 2. The third-order valence-corrected chi connectivity index (χ3v) is 5.24. The summed E-state index contributed by atoms with van der Waals surface area (Å²) in [5.74, 6) is 0. The van der Waals surface area contributed by atoms with Crippen LogP contribution in [0, 0.1) is 3.57 Å². The van der Waals surface area contributed by atoms with Crippen molar-refractivity contribution in [3.05, 3.63) is 56.6 Å². The lowest BCUT2D eigenvalue weighted by atomic mass is 10.3. The molecule has 1 atom stereocenters. The fourth-order valence-electron chi connectivity index (χ4n) is 1.46. The molecule has 0 saturated heterocycles. The second-order valence-corrected chi connectivity index (χ2v) is 8.25. The van der Waals surface area contributed by atoms with Gasteiger partial charge < -0.3 is 0 Å². The Labute approximate surface area is 129 Å². The average molecular weight is 436 g/mol. The van der Waals surface area contributed by atoms with Crippen molar-refractivity contribution < 1.29 is 4.21 Å². The first kappa shape index (κ1) is 14.0. The molecule has 2 aromatic rings. The van der Waals surface area contributed by atoms with E-state index in [0.717, 1.165) is 18.6 Å². The molecule has 2 rings (SSSR count). The van der Waals surface area contributed by atoms with E-state index in [9.17, 15) is 4.21 Å². The van der Waals surface area contributed by atoms with E-state index in [-0.39, 0.29) is 0 Å². The summed E-state index contributed by atoms with van der Waals surface area (Å²) < 4.78 is 19.0. The molecule has 0 bridgehead atoms. The van der Waals surface area contributed by atoms with Crippen LogP contribution in [0.2, 0.25) is 0 Å². The number of nitrogens with zero attached hydrogens (tertiary/aromatic N) is 1. The van der Waals surface area contributed by atoms with Gasteiger partial charge in [0.25, 0.3) is 0 Å². The summed E-state index contributed by atoms with van der Waals surface area (Å²) in [6, 6.07) is 15.1. The van der Waals surface area contributed by atoms with Crippen LogP contribution in [0.15, 0.2) is 62.3 Å². The summed E-state index contributed by atoms with van der Waals surface area (Å²) in [5.41, 5.74) is 0.739. The third-order valence-electron chi connectivity index (χ3n) is 2.34. The van der Waals surface area contributed by atoms with Crippen LogP contribution in [0.3, 0.4) is 0 Å². The van der Waals surface area contributed by atoms with E-state index < -0.39 is 9.73 Å². The summed E-state index contributed by atoms with van der Waals surface area (Å²) in [7, 11) is -2.41. The quantitative estimate of drug-likeness (QED) is 0.620. The summed E-state index contributed by atoms with van der Waals surface area (Å²) in [4.78, 5) is 0.732. The molecular weight excluding hydrogens is 425 g/mol. The van der Waals surface area contributed by atoms with Crippen molar-refractivity contribution in [3.63, 3.8) is 0 Å². The normalized spacial score (nSPS) is 13.9. The molecule has 18 heavy (non-hydrogen) atoms. The minimum absolute atomic E-state index is 0.732. The van der Waals surface area contributed by atoms with Crippen LogP contribution in [0.25, 0.3) is 0 Å². The summed E-state index contributed by atoms with van der Waals surface area (Å²) in [6.45, 7) is 0. The van der Waals surface area contributed by atoms with Gasteiger partial charge in [0.2, 0.25) is 0 Å². The Kier molecular flexibility index (Phi) is 4.45. The van der Waals surface area contributed by atoms with E-state index in [1.54, 1.807) is 6.26 Å². The summed E-state index contributed by atoms with van der Waals surface area (Å²) >= 11 is 5.61. The number of hydrogen-bond acceptors (Lipinski definition) is 2. The van der Waals surface area contributed by atoms with Crippen molar-refractivity contribution in [2.24, 2.45) is 4.36 Å². The van der Waals surface area contributed by atoms with Gasteiger partial charge in [0.1, 0.15) is 0 Å². The minimum atomic E-state index is -2.41. The molecule has 0 aliphatic carbocycles. The molecule has 0 radical (unpaired) electrons. The van der Waals surface area contributed by atoms with E-state index in [0.29, 0.717) is 0 Å². The molecule has 2 nitrogen and oxygen atoms in total. The van der Waals surface area contributed by atoms with Crippen LogP contribution in [0.5, 0.6) is 0 Å². The van der Waals surface area contributed by atoms with Crippen molar-refractivity contribution in [1.82, 2.24) is 0 Å². The first-order valence-electron chi connectivity index (χ1n) is 5.21. The van der Waals surface area contributed by atoms with Gasteiger partial charge in [-0.15, -0.1) is 0 Å². The van der Waals surface area contributed by atoms with E-state index in [2.05, 4.69) is 42.9 Å². The topological polar surface area (TPSA) is 29.4 Å². The molecule has 0 aromatic heterocycles. The Morgan fingerprint density at radius 3 is 2.44 bits per heavy atom. The number of hydrogen-bond donors (Lipinski definition) is 0. The van der Waals surface area contributed by atoms with Gasteiger partial charge in [0, 0.05) is 19.2 Å². The van der Waals surface area contributed by atoms with Crippen LogP contribution in [0.4, 0.5) is 5.69 Å². The SMILES string of the molecule is CS(=O)(=Nc1ccc(I)cc1)c1cccc(Br)c1. The summed E-state index contributed by atoms with van der Waals surface area (Å²) in [5, 5.41) is 0. The zero-order valence-corrected chi connectivity index (χ0v) is 14.2. The van der Waals surface area contributed by atoms with Gasteiger partial charge in [-0.1, -0.05) is 22.0 Å². The fourth-order valence-corrected chi connectivity index (χ4v) is 3.67. The number of rotatable bonds is 2. The van der Waals surface area contributed by atoms with Crippen molar-refractivity contribution >= 4 is 53.9 Å². The molecule has 0 N–H and O–H groups in total. The van der Waals surface area contributed by atoms with E-state index in [1.165, 1.54) is 0 Å². The Morgan fingerprint density at radius 2 is 1.83 bits per heavy atom.